The number of rotatable bonds is 5. The fraction of sp³-hybridized carbons (Fsp3) is 0.231. The van der Waals surface area contributed by atoms with Crippen LogP contribution in [0.2, 0.25) is 0 Å². The third kappa shape index (κ3) is 3.45. The Labute approximate surface area is 115 Å². The minimum Gasteiger partial charge on any atom is -0.478 e. The number of anilines is 2. The van der Waals surface area contributed by atoms with Crippen molar-refractivity contribution in [2.24, 2.45) is 0 Å². The van der Waals surface area contributed by atoms with Crippen LogP contribution in [0.15, 0.2) is 23.6 Å². The van der Waals surface area contributed by atoms with E-state index in [1.165, 1.54) is 0 Å². The van der Waals surface area contributed by atoms with Crippen molar-refractivity contribution in [3.63, 3.8) is 0 Å². The summed E-state index contributed by atoms with van der Waals surface area (Å²) in [5, 5.41) is 15.2. The molecule has 2 aromatic rings. The van der Waals surface area contributed by atoms with E-state index in [2.05, 4.69) is 10.3 Å². The second-order valence-corrected chi connectivity index (χ2v) is 5.20. The van der Waals surface area contributed by atoms with Gasteiger partial charge in [-0.05, 0) is 25.1 Å². The number of nitrogen functional groups attached to an aromatic ring is 1. The van der Waals surface area contributed by atoms with E-state index in [1.807, 2.05) is 12.3 Å². The maximum Gasteiger partial charge on any atom is 0.337 e. The smallest absolute Gasteiger partial charge is 0.337 e. The van der Waals surface area contributed by atoms with Crippen molar-refractivity contribution in [3.05, 3.63) is 39.8 Å². The van der Waals surface area contributed by atoms with Crippen molar-refractivity contribution in [1.82, 2.24) is 4.98 Å². The fourth-order valence-corrected chi connectivity index (χ4v) is 2.36. The van der Waals surface area contributed by atoms with Crippen molar-refractivity contribution >= 4 is 28.7 Å². The molecule has 6 heteroatoms. The summed E-state index contributed by atoms with van der Waals surface area (Å²) in [5.74, 6) is -1.02. The van der Waals surface area contributed by atoms with Crippen LogP contribution in [-0.4, -0.2) is 22.6 Å². The number of hydrogen-bond acceptors (Lipinski definition) is 5. The van der Waals surface area contributed by atoms with Crippen LogP contribution in [0.1, 0.15) is 21.1 Å². The predicted octanol–water partition coefficient (Wildman–Crippen LogP) is 2.39. The van der Waals surface area contributed by atoms with E-state index < -0.39 is 5.97 Å². The molecule has 0 atom stereocenters. The Hall–Kier alpha value is -2.08. The monoisotopic (exact) mass is 277 g/mol. The summed E-state index contributed by atoms with van der Waals surface area (Å²) in [7, 11) is 0. The SMILES string of the molecule is Cc1nc(CCNc2ccc(N)c(C(=O)O)c2)cs1. The van der Waals surface area contributed by atoms with E-state index in [1.54, 1.807) is 29.5 Å². The molecular weight excluding hydrogens is 262 g/mol. The van der Waals surface area contributed by atoms with Crippen LogP contribution in [-0.2, 0) is 6.42 Å². The van der Waals surface area contributed by atoms with Gasteiger partial charge in [-0.2, -0.15) is 0 Å². The molecule has 0 amide bonds. The molecule has 5 nitrogen and oxygen atoms in total. The Morgan fingerprint density at radius 2 is 2.32 bits per heavy atom. The van der Waals surface area contributed by atoms with Gasteiger partial charge in [-0.25, -0.2) is 9.78 Å². The number of carboxylic acids is 1. The van der Waals surface area contributed by atoms with Crippen molar-refractivity contribution in [2.45, 2.75) is 13.3 Å². The summed E-state index contributed by atoms with van der Waals surface area (Å²) in [6.07, 6.45) is 0.803. The first kappa shape index (κ1) is 13.4. The van der Waals surface area contributed by atoms with Gasteiger partial charge in [0.15, 0.2) is 0 Å². The molecule has 0 aliphatic heterocycles. The van der Waals surface area contributed by atoms with Crippen LogP contribution in [0.4, 0.5) is 11.4 Å². The average molecular weight is 277 g/mol. The van der Waals surface area contributed by atoms with E-state index in [-0.39, 0.29) is 11.3 Å². The molecule has 0 aliphatic carbocycles. The van der Waals surface area contributed by atoms with E-state index in [0.29, 0.717) is 6.54 Å². The Morgan fingerprint density at radius 3 is 2.95 bits per heavy atom. The van der Waals surface area contributed by atoms with Gasteiger partial charge < -0.3 is 16.2 Å². The fourth-order valence-electron chi connectivity index (χ4n) is 1.71. The molecule has 0 aliphatic rings. The highest BCUT2D eigenvalue weighted by atomic mass is 32.1. The first-order chi connectivity index (χ1) is 9.06. The Bertz CT molecular complexity index is 595. The molecule has 0 unspecified atom stereocenters. The minimum absolute atomic E-state index is 0.120. The normalized spacial score (nSPS) is 10.4. The lowest BCUT2D eigenvalue weighted by Crippen LogP contribution is -2.08. The van der Waals surface area contributed by atoms with E-state index in [4.69, 9.17) is 10.8 Å². The molecule has 100 valence electrons. The lowest BCUT2D eigenvalue weighted by atomic mass is 10.1. The molecule has 1 aromatic carbocycles. The Balaban J connectivity index is 1.96. The van der Waals surface area contributed by atoms with E-state index in [0.717, 1.165) is 22.8 Å². The van der Waals surface area contributed by atoms with Gasteiger partial charge in [0.2, 0.25) is 0 Å². The van der Waals surface area contributed by atoms with Crippen LogP contribution in [0.5, 0.6) is 0 Å². The van der Waals surface area contributed by atoms with Gasteiger partial charge in [0.1, 0.15) is 0 Å². The van der Waals surface area contributed by atoms with Gasteiger partial charge in [0.05, 0.1) is 16.3 Å². The number of aromatic carboxylic acids is 1. The van der Waals surface area contributed by atoms with Crippen molar-refractivity contribution < 1.29 is 9.90 Å². The third-order valence-corrected chi connectivity index (χ3v) is 3.48. The third-order valence-electron chi connectivity index (χ3n) is 2.66. The minimum atomic E-state index is -1.02. The molecule has 0 radical (unpaired) electrons. The van der Waals surface area contributed by atoms with Crippen LogP contribution in [0.25, 0.3) is 0 Å². The second kappa shape index (κ2) is 5.71. The lowest BCUT2D eigenvalue weighted by Gasteiger charge is -2.07. The summed E-state index contributed by atoms with van der Waals surface area (Å²) in [4.78, 5) is 15.3. The van der Waals surface area contributed by atoms with Gasteiger partial charge in [-0.15, -0.1) is 11.3 Å². The number of carboxylic acid groups (broad SMARTS) is 1. The second-order valence-electron chi connectivity index (χ2n) is 4.14. The number of thiazole rings is 1. The molecule has 0 bridgehead atoms. The molecule has 1 aromatic heterocycles. The molecule has 19 heavy (non-hydrogen) atoms. The predicted molar refractivity (Wildman–Crippen MR) is 76.9 cm³/mol. The van der Waals surface area contributed by atoms with Crippen molar-refractivity contribution in [2.75, 3.05) is 17.6 Å². The summed E-state index contributed by atoms with van der Waals surface area (Å²) in [6, 6.07) is 4.91. The van der Waals surface area contributed by atoms with Crippen molar-refractivity contribution in [1.29, 1.82) is 0 Å². The summed E-state index contributed by atoms with van der Waals surface area (Å²) in [5.41, 5.74) is 7.78. The molecule has 0 saturated carbocycles. The summed E-state index contributed by atoms with van der Waals surface area (Å²) >= 11 is 1.63. The number of nitrogens with one attached hydrogen (secondary N) is 1. The van der Waals surface area contributed by atoms with Crippen LogP contribution < -0.4 is 11.1 Å². The van der Waals surface area contributed by atoms with Gasteiger partial charge in [-0.3, -0.25) is 0 Å². The molecule has 2 rings (SSSR count). The quantitative estimate of drug-likeness (QED) is 0.730. The zero-order chi connectivity index (χ0) is 13.8. The van der Waals surface area contributed by atoms with Crippen molar-refractivity contribution in [3.8, 4) is 0 Å². The number of benzene rings is 1. The Kier molecular flexibility index (Phi) is 4.01. The van der Waals surface area contributed by atoms with E-state index >= 15 is 0 Å². The number of hydrogen-bond donors (Lipinski definition) is 3. The zero-order valence-electron chi connectivity index (χ0n) is 10.5. The topological polar surface area (TPSA) is 88.2 Å². The molecule has 4 N–H and O–H groups in total. The van der Waals surface area contributed by atoms with Crippen LogP contribution in [0, 0.1) is 6.92 Å². The number of carbonyl (C=O) groups is 1. The summed E-state index contributed by atoms with van der Waals surface area (Å²) < 4.78 is 0. The summed E-state index contributed by atoms with van der Waals surface area (Å²) in [6.45, 7) is 2.67. The number of nitrogens with two attached hydrogens (primary N) is 1. The van der Waals surface area contributed by atoms with Gasteiger partial charge in [0, 0.05) is 29.7 Å². The standard InChI is InChI=1S/C13H15N3O2S/c1-8-16-10(7-19-8)4-5-15-9-2-3-12(14)11(6-9)13(17)18/h2-3,6-7,15H,4-5,14H2,1H3,(H,17,18). The number of aromatic nitrogens is 1. The molecule has 1 heterocycles. The van der Waals surface area contributed by atoms with Crippen LogP contribution >= 0.6 is 11.3 Å². The first-order valence-corrected chi connectivity index (χ1v) is 6.72. The van der Waals surface area contributed by atoms with Gasteiger partial charge >= 0.3 is 5.97 Å². The number of nitrogens with zero attached hydrogens (tertiary/aromatic N) is 1. The molecule has 0 fully saturated rings. The Morgan fingerprint density at radius 1 is 1.53 bits per heavy atom. The first-order valence-electron chi connectivity index (χ1n) is 5.84. The lowest BCUT2D eigenvalue weighted by molar-refractivity contribution is 0.0698. The number of aryl methyl sites for hydroxylation is 1. The maximum absolute atomic E-state index is 11.0. The average Bonchev–Trinajstić information content (AvgIpc) is 2.77. The maximum atomic E-state index is 11.0. The highest BCUT2D eigenvalue weighted by Crippen LogP contribution is 2.18. The van der Waals surface area contributed by atoms with Crippen LogP contribution in [0.3, 0.4) is 0 Å². The van der Waals surface area contributed by atoms with Gasteiger partial charge in [-0.1, -0.05) is 0 Å². The van der Waals surface area contributed by atoms with E-state index in [9.17, 15) is 4.79 Å². The highest BCUT2D eigenvalue weighted by molar-refractivity contribution is 7.09. The van der Waals surface area contributed by atoms with Gasteiger partial charge in [0.25, 0.3) is 0 Å². The molecular formula is C13H15N3O2S. The highest BCUT2D eigenvalue weighted by Gasteiger charge is 2.08. The largest absolute Gasteiger partial charge is 0.478 e. The molecule has 0 saturated heterocycles. The zero-order valence-corrected chi connectivity index (χ0v) is 11.3. The molecule has 0 spiro atoms.